The summed E-state index contributed by atoms with van der Waals surface area (Å²) in [6.45, 7) is 4.29. The van der Waals surface area contributed by atoms with Crippen molar-refractivity contribution in [1.82, 2.24) is 9.80 Å². The first-order valence-electron chi connectivity index (χ1n) is 7.55. The number of aliphatic hydroxyl groups is 1. The molecule has 5 heteroatoms. The number of hydrogen-bond donors (Lipinski definition) is 1. The molecule has 0 saturated carbocycles. The molecule has 1 unspecified atom stereocenters. The third-order valence-corrected chi connectivity index (χ3v) is 4.39. The van der Waals surface area contributed by atoms with Crippen LogP contribution in [0.15, 0.2) is 43.0 Å². The third kappa shape index (κ3) is 2.52. The second kappa shape index (κ2) is 5.93. The van der Waals surface area contributed by atoms with E-state index in [4.69, 9.17) is 0 Å². The summed E-state index contributed by atoms with van der Waals surface area (Å²) in [5.74, 6) is -0.163. The average Bonchev–Trinajstić information content (AvgIpc) is 2.92. The highest BCUT2D eigenvalue weighted by Crippen LogP contribution is 2.28. The van der Waals surface area contributed by atoms with Gasteiger partial charge in [0.1, 0.15) is 12.1 Å². The Morgan fingerprint density at radius 1 is 1.23 bits per heavy atom. The van der Waals surface area contributed by atoms with E-state index in [2.05, 4.69) is 6.58 Å². The highest BCUT2D eigenvalue weighted by Gasteiger charge is 2.49. The summed E-state index contributed by atoms with van der Waals surface area (Å²) in [5.41, 5.74) is 1.01. The molecule has 22 heavy (non-hydrogen) atoms. The van der Waals surface area contributed by atoms with Gasteiger partial charge in [-0.25, -0.2) is 0 Å². The van der Waals surface area contributed by atoms with Gasteiger partial charge in [-0.2, -0.15) is 0 Å². The summed E-state index contributed by atoms with van der Waals surface area (Å²) >= 11 is 0. The van der Waals surface area contributed by atoms with Gasteiger partial charge in [-0.15, -0.1) is 6.58 Å². The van der Waals surface area contributed by atoms with Crippen molar-refractivity contribution in [3.05, 3.63) is 48.6 Å². The second-order valence-electron chi connectivity index (χ2n) is 5.88. The van der Waals surface area contributed by atoms with E-state index < -0.39 is 18.2 Å². The Morgan fingerprint density at radius 3 is 2.64 bits per heavy atom. The fraction of sp³-hybridized carbons (Fsp3) is 0.412. The second-order valence-corrected chi connectivity index (χ2v) is 5.88. The number of fused-ring (bicyclic) bond motifs is 1. The minimum absolute atomic E-state index is 0.0770. The average molecular weight is 300 g/mol. The van der Waals surface area contributed by atoms with Crippen molar-refractivity contribution in [3.63, 3.8) is 0 Å². The van der Waals surface area contributed by atoms with Gasteiger partial charge >= 0.3 is 0 Å². The number of aliphatic hydroxyl groups excluding tert-OH is 1. The lowest BCUT2D eigenvalue weighted by Gasteiger charge is -2.41. The van der Waals surface area contributed by atoms with Crippen molar-refractivity contribution in [3.8, 4) is 0 Å². The van der Waals surface area contributed by atoms with Crippen LogP contribution >= 0.6 is 0 Å². The first-order chi connectivity index (χ1) is 10.6. The van der Waals surface area contributed by atoms with Crippen LogP contribution < -0.4 is 0 Å². The highest BCUT2D eigenvalue weighted by atomic mass is 16.3. The van der Waals surface area contributed by atoms with Gasteiger partial charge in [-0.3, -0.25) is 9.59 Å². The minimum atomic E-state index is -0.612. The van der Waals surface area contributed by atoms with Crippen molar-refractivity contribution in [2.75, 3.05) is 13.1 Å². The van der Waals surface area contributed by atoms with Crippen LogP contribution in [0.4, 0.5) is 0 Å². The quantitative estimate of drug-likeness (QED) is 0.828. The van der Waals surface area contributed by atoms with Crippen molar-refractivity contribution in [2.24, 2.45) is 0 Å². The van der Waals surface area contributed by atoms with Crippen molar-refractivity contribution < 1.29 is 14.7 Å². The minimum Gasteiger partial charge on any atom is -0.391 e. The molecule has 2 heterocycles. The van der Waals surface area contributed by atoms with Crippen LogP contribution in [0.25, 0.3) is 0 Å². The lowest BCUT2D eigenvalue weighted by Crippen LogP contribution is -2.63. The zero-order valence-electron chi connectivity index (χ0n) is 12.4. The number of carbonyl (C=O) groups is 2. The number of piperazine rings is 1. The van der Waals surface area contributed by atoms with Gasteiger partial charge in [0, 0.05) is 25.9 Å². The van der Waals surface area contributed by atoms with Gasteiger partial charge in [0.05, 0.1) is 6.10 Å². The molecule has 1 aromatic carbocycles. The summed E-state index contributed by atoms with van der Waals surface area (Å²) in [5, 5.41) is 9.80. The van der Waals surface area contributed by atoms with Gasteiger partial charge < -0.3 is 14.9 Å². The predicted octanol–water partition coefficient (Wildman–Crippen LogP) is 0.588. The molecule has 5 nitrogen and oxygen atoms in total. The van der Waals surface area contributed by atoms with Crippen molar-refractivity contribution in [1.29, 1.82) is 0 Å². The standard InChI is InChI=1S/C17H20N2O3/c1-2-8-18-14(9-12-6-4-3-5-7-12)17(22)19-11-13(20)10-15(19)16(18)21/h2-7,13-15,20H,1,8-11H2/t13-,14+,15?/m1/s1. The van der Waals surface area contributed by atoms with E-state index in [0.29, 0.717) is 19.4 Å². The van der Waals surface area contributed by atoms with Crippen LogP contribution in [0.2, 0.25) is 0 Å². The van der Waals surface area contributed by atoms with Gasteiger partial charge in [-0.1, -0.05) is 36.4 Å². The molecule has 0 bridgehead atoms. The molecule has 3 atom stereocenters. The van der Waals surface area contributed by atoms with Crippen LogP contribution in [-0.4, -0.2) is 58.0 Å². The topological polar surface area (TPSA) is 60.9 Å². The molecule has 2 aliphatic heterocycles. The first kappa shape index (κ1) is 14.8. The van der Waals surface area contributed by atoms with E-state index in [9.17, 15) is 14.7 Å². The molecule has 0 aromatic heterocycles. The largest absolute Gasteiger partial charge is 0.391 e. The fourth-order valence-corrected chi connectivity index (χ4v) is 3.35. The Hall–Kier alpha value is -2.14. The number of hydrogen-bond acceptors (Lipinski definition) is 3. The maximum absolute atomic E-state index is 12.8. The van der Waals surface area contributed by atoms with Crippen LogP contribution in [0.5, 0.6) is 0 Å². The Labute approximate surface area is 129 Å². The number of nitrogens with zero attached hydrogens (tertiary/aromatic N) is 2. The highest BCUT2D eigenvalue weighted by molar-refractivity contribution is 5.97. The molecule has 3 rings (SSSR count). The summed E-state index contributed by atoms with van der Waals surface area (Å²) < 4.78 is 0. The maximum Gasteiger partial charge on any atom is 0.246 e. The van der Waals surface area contributed by atoms with Gasteiger partial charge in [0.2, 0.25) is 11.8 Å². The van der Waals surface area contributed by atoms with Crippen molar-refractivity contribution in [2.45, 2.75) is 31.0 Å². The summed E-state index contributed by atoms with van der Waals surface area (Å²) in [7, 11) is 0. The Morgan fingerprint density at radius 2 is 1.95 bits per heavy atom. The van der Waals surface area contributed by atoms with Gasteiger partial charge in [0.25, 0.3) is 0 Å². The molecule has 2 amide bonds. The fourth-order valence-electron chi connectivity index (χ4n) is 3.35. The normalized spacial score (nSPS) is 28.0. The Balaban J connectivity index is 1.89. The molecule has 1 aromatic rings. The molecule has 0 radical (unpaired) electrons. The number of amides is 2. The summed E-state index contributed by atoms with van der Waals surface area (Å²) in [6, 6.07) is 8.63. The maximum atomic E-state index is 12.8. The first-order valence-corrected chi connectivity index (χ1v) is 7.55. The Bertz CT molecular complexity index is 587. The van der Waals surface area contributed by atoms with E-state index in [1.165, 1.54) is 0 Å². The van der Waals surface area contributed by atoms with Gasteiger partial charge in [-0.05, 0) is 5.56 Å². The molecule has 1 N–H and O–H groups in total. The van der Waals surface area contributed by atoms with Crippen LogP contribution in [0.3, 0.4) is 0 Å². The molecule has 2 aliphatic rings. The molecule has 0 spiro atoms. The molecular weight excluding hydrogens is 280 g/mol. The van der Waals surface area contributed by atoms with Crippen LogP contribution in [-0.2, 0) is 16.0 Å². The lowest BCUT2D eigenvalue weighted by atomic mass is 9.98. The van der Waals surface area contributed by atoms with E-state index in [0.717, 1.165) is 5.56 Å². The van der Waals surface area contributed by atoms with E-state index in [1.54, 1.807) is 15.9 Å². The van der Waals surface area contributed by atoms with E-state index in [1.807, 2.05) is 30.3 Å². The molecule has 0 aliphatic carbocycles. The van der Waals surface area contributed by atoms with E-state index in [-0.39, 0.29) is 18.4 Å². The van der Waals surface area contributed by atoms with Gasteiger partial charge in [0.15, 0.2) is 0 Å². The number of carbonyl (C=O) groups excluding carboxylic acids is 2. The molecule has 2 saturated heterocycles. The zero-order chi connectivity index (χ0) is 15.7. The predicted molar refractivity (Wildman–Crippen MR) is 82.0 cm³/mol. The molecular formula is C17H20N2O3. The molecule has 116 valence electrons. The van der Waals surface area contributed by atoms with E-state index >= 15 is 0 Å². The number of benzene rings is 1. The lowest BCUT2D eigenvalue weighted by molar-refractivity contribution is -0.158. The molecule has 2 fully saturated rings. The summed E-state index contributed by atoms with van der Waals surface area (Å²) in [4.78, 5) is 28.6. The number of rotatable bonds is 4. The van der Waals surface area contributed by atoms with Crippen LogP contribution in [0.1, 0.15) is 12.0 Å². The summed E-state index contributed by atoms with van der Waals surface area (Å²) in [6.07, 6.45) is 1.85. The Kier molecular flexibility index (Phi) is 3.98. The van der Waals surface area contributed by atoms with Crippen LogP contribution in [0, 0.1) is 0 Å². The smallest absolute Gasteiger partial charge is 0.246 e. The third-order valence-electron chi connectivity index (χ3n) is 4.39. The van der Waals surface area contributed by atoms with Crippen molar-refractivity contribution >= 4 is 11.8 Å². The monoisotopic (exact) mass is 300 g/mol. The zero-order valence-corrected chi connectivity index (χ0v) is 12.4. The SMILES string of the molecule is C=CCN1C(=O)C2C[C@@H](O)CN2C(=O)[C@@H]1Cc1ccccc1.